The van der Waals surface area contributed by atoms with Crippen molar-refractivity contribution in [1.29, 1.82) is 0 Å². The van der Waals surface area contributed by atoms with E-state index in [1.807, 2.05) is 31.3 Å². The van der Waals surface area contributed by atoms with Crippen molar-refractivity contribution in [2.24, 2.45) is 0 Å². The minimum Gasteiger partial charge on any atom is -0.497 e. The Hall–Kier alpha value is -0.870. The van der Waals surface area contributed by atoms with Crippen LogP contribution in [0.1, 0.15) is 0 Å². The molecule has 0 heterocycles. The molecule has 0 aliphatic carbocycles. The van der Waals surface area contributed by atoms with Crippen molar-refractivity contribution in [1.82, 2.24) is 5.32 Å². The second-order valence-corrected chi connectivity index (χ2v) is 4.40. The molecule has 0 fully saturated rings. The fourth-order valence-corrected chi connectivity index (χ4v) is 2.16. The van der Waals surface area contributed by atoms with Gasteiger partial charge in [0.2, 0.25) is 0 Å². The van der Waals surface area contributed by atoms with Crippen LogP contribution in [-0.4, -0.2) is 30.7 Å². The zero-order valence-corrected chi connectivity index (χ0v) is 9.26. The molecule has 0 amide bonds. The molecule has 1 aromatic carbocycles. The molecule has 0 bridgehead atoms. The Bertz CT molecular complexity index is 315. The van der Waals surface area contributed by atoms with E-state index < -0.39 is 10.8 Å². The smallest absolute Gasteiger partial charge is 0.120 e. The van der Waals surface area contributed by atoms with Gasteiger partial charge in [-0.2, -0.15) is 0 Å². The predicted molar refractivity (Wildman–Crippen MR) is 58.2 cm³/mol. The molecule has 0 aromatic heterocycles. The minimum absolute atomic E-state index is 0.629. The molecule has 1 aromatic rings. The second-order valence-electron chi connectivity index (χ2n) is 2.83. The van der Waals surface area contributed by atoms with Crippen LogP contribution < -0.4 is 10.1 Å². The normalized spacial score (nSPS) is 12.4. The topological polar surface area (TPSA) is 38.3 Å². The fraction of sp³-hybridized carbons (Fsp3) is 0.400. The second kappa shape index (κ2) is 5.78. The highest BCUT2D eigenvalue weighted by molar-refractivity contribution is 7.85. The van der Waals surface area contributed by atoms with E-state index in [9.17, 15) is 4.21 Å². The van der Waals surface area contributed by atoms with Crippen LogP contribution in [0.4, 0.5) is 0 Å². The Morgan fingerprint density at radius 2 is 2.29 bits per heavy atom. The molecule has 4 heteroatoms. The molecule has 0 saturated carbocycles. The molecular weight excluding hydrogens is 198 g/mol. The first-order valence-electron chi connectivity index (χ1n) is 4.45. The van der Waals surface area contributed by atoms with Crippen LogP contribution in [-0.2, 0) is 10.8 Å². The maximum Gasteiger partial charge on any atom is 0.120 e. The summed E-state index contributed by atoms with van der Waals surface area (Å²) in [5.41, 5.74) is 0. The van der Waals surface area contributed by atoms with Crippen LogP contribution in [0.25, 0.3) is 0 Å². The van der Waals surface area contributed by atoms with Gasteiger partial charge in [-0.1, -0.05) is 6.07 Å². The first kappa shape index (κ1) is 11.2. The van der Waals surface area contributed by atoms with Crippen molar-refractivity contribution < 1.29 is 8.95 Å². The zero-order chi connectivity index (χ0) is 10.4. The molecule has 0 aliphatic rings. The van der Waals surface area contributed by atoms with E-state index in [1.54, 1.807) is 7.11 Å². The van der Waals surface area contributed by atoms with E-state index in [1.165, 1.54) is 0 Å². The third-order valence-electron chi connectivity index (χ3n) is 1.84. The summed E-state index contributed by atoms with van der Waals surface area (Å²) in [5, 5.41) is 2.97. The van der Waals surface area contributed by atoms with Gasteiger partial charge in [-0.15, -0.1) is 0 Å². The number of nitrogens with one attached hydrogen (secondary N) is 1. The molecule has 14 heavy (non-hydrogen) atoms. The van der Waals surface area contributed by atoms with E-state index in [-0.39, 0.29) is 0 Å². The maximum atomic E-state index is 11.7. The highest BCUT2D eigenvalue weighted by Crippen LogP contribution is 2.15. The molecule has 1 unspecified atom stereocenters. The lowest BCUT2D eigenvalue weighted by atomic mass is 10.3. The summed E-state index contributed by atoms with van der Waals surface area (Å²) in [7, 11) is 2.52. The molecule has 3 nitrogen and oxygen atoms in total. The summed E-state index contributed by atoms with van der Waals surface area (Å²) in [6, 6.07) is 7.37. The molecule has 1 atom stereocenters. The van der Waals surface area contributed by atoms with E-state index >= 15 is 0 Å². The van der Waals surface area contributed by atoms with Crippen LogP contribution >= 0.6 is 0 Å². The van der Waals surface area contributed by atoms with Crippen molar-refractivity contribution in [2.45, 2.75) is 4.90 Å². The fourth-order valence-electron chi connectivity index (χ4n) is 1.06. The number of rotatable bonds is 5. The van der Waals surface area contributed by atoms with E-state index in [2.05, 4.69) is 5.32 Å². The number of ether oxygens (including phenoxy) is 1. The Morgan fingerprint density at radius 1 is 1.50 bits per heavy atom. The third-order valence-corrected chi connectivity index (χ3v) is 3.20. The van der Waals surface area contributed by atoms with Gasteiger partial charge in [0.05, 0.1) is 17.9 Å². The van der Waals surface area contributed by atoms with Gasteiger partial charge in [0.25, 0.3) is 0 Å². The summed E-state index contributed by atoms with van der Waals surface area (Å²) in [6.07, 6.45) is 0. The summed E-state index contributed by atoms with van der Waals surface area (Å²) in [6.45, 7) is 0.754. The van der Waals surface area contributed by atoms with Gasteiger partial charge in [-0.25, -0.2) is 0 Å². The molecule has 0 radical (unpaired) electrons. The lowest BCUT2D eigenvalue weighted by Gasteiger charge is -2.04. The largest absolute Gasteiger partial charge is 0.497 e. The summed E-state index contributed by atoms with van der Waals surface area (Å²) in [5.74, 6) is 1.38. The number of benzene rings is 1. The van der Waals surface area contributed by atoms with Crippen LogP contribution in [0.3, 0.4) is 0 Å². The van der Waals surface area contributed by atoms with Gasteiger partial charge in [0.15, 0.2) is 0 Å². The van der Waals surface area contributed by atoms with E-state index in [0.29, 0.717) is 5.75 Å². The van der Waals surface area contributed by atoms with E-state index in [0.717, 1.165) is 17.2 Å². The number of methoxy groups -OCH3 is 1. The number of hydrogen-bond donors (Lipinski definition) is 1. The van der Waals surface area contributed by atoms with Crippen molar-refractivity contribution in [3.05, 3.63) is 24.3 Å². The Balaban J connectivity index is 2.69. The van der Waals surface area contributed by atoms with Crippen molar-refractivity contribution in [3.63, 3.8) is 0 Å². The lowest BCUT2D eigenvalue weighted by Crippen LogP contribution is -2.15. The Morgan fingerprint density at radius 3 is 2.93 bits per heavy atom. The van der Waals surface area contributed by atoms with Gasteiger partial charge >= 0.3 is 0 Å². The summed E-state index contributed by atoms with van der Waals surface area (Å²) < 4.78 is 16.7. The average molecular weight is 213 g/mol. The summed E-state index contributed by atoms with van der Waals surface area (Å²) in [4.78, 5) is 0.819. The first-order chi connectivity index (χ1) is 6.77. The Kier molecular flexibility index (Phi) is 4.62. The third kappa shape index (κ3) is 3.12. The maximum absolute atomic E-state index is 11.7. The van der Waals surface area contributed by atoms with Crippen molar-refractivity contribution in [3.8, 4) is 5.75 Å². The van der Waals surface area contributed by atoms with Gasteiger partial charge in [-0.05, 0) is 25.2 Å². The van der Waals surface area contributed by atoms with Crippen LogP contribution in [0, 0.1) is 0 Å². The zero-order valence-electron chi connectivity index (χ0n) is 8.45. The van der Waals surface area contributed by atoms with Gasteiger partial charge in [-0.3, -0.25) is 4.21 Å². The van der Waals surface area contributed by atoms with Gasteiger partial charge in [0.1, 0.15) is 5.75 Å². The van der Waals surface area contributed by atoms with Gasteiger partial charge < -0.3 is 10.1 Å². The van der Waals surface area contributed by atoms with Crippen LogP contribution in [0.2, 0.25) is 0 Å². The quantitative estimate of drug-likeness (QED) is 0.793. The van der Waals surface area contributed by atoms with Gasteiger partial charge in [0, 0.05) is 17.2 Å². The Labute approximate surface area is 86.9 Å². The molecule has 0 spiro atoms. The summed E-state index contributed by atoms with van der Waals surface area (Å²) >= 11 is 0. The van der Waals surface area contributed by atoms with E-state index in [4.69, 9.17) is 4.74 Å². The monoisotopic (exact) mass is 213 g/mol. The minimum atomic E-state index is -0.938. The standard InChI is InChI=1S/C10H15NO2S/c1-11-6-7-14(12)10-5-3-4-9(8-10)13-2/h3-5,8,11H,6-7H2,1-2H3. The average Bonchev–Trinajstić information content (AvgIpc) is 2.26. The highest BCUT2D eigenvalue weighted by atomic mass is 32.2. The lowest BCUT2D eigenvalue weighted by molar-refractivity contribution is 0.413. The predicted octanol–water partition coefficient (Wildman–Crippen LogP) is 1.02. The molecule has 1 N–H and O–H groups in total. The van der Waals surface area contributed by atoms with Crippen LogP contribution in [0.5, 0.6) is 5.75 Å². The van der Waals surface area contributed by atoms with Crippen LogP contribution in [0.15, 0.2) is 29.2 Å². The first-order valence-corrected chi connectivity index (χ1v) is 5.77. The molecule has 78 valence electrons. The van der Waals surface area contributed by atoms with Crippen molar-refractivity contribution in [2.75, 3.05) is 26.5 Å². The molecule has 0 saturated heterocycles. The number of hydrogen-bond acceptors (Lipinski definition) is 3. The SMILES string of the molecule is CNCCS(=O)c1cccc(OC)c1. The molecular formula is C10H15NO2S. The molecule has 0 aliphatic heterocycles. The van der Waals surface area contributed by atoms with Crippen molar-refractivity contribution >= 4 is 10.8 Å². The molecule has 1 rings (SSSR count). The highest BCUT2D eigenvalue weighted by Gasteiger charge is 2.03.